The van der Waals surface area contributed by atoms with Crippen LogP contribution >= 0.6 is 0 Å². The lowest BCUT2D eigenvalue weighted by Crippen LogP contribution is -2.24. The standard InChI is InChI=1S/C15H10F4N2O6/c1-27-10-4(2-3-5(9(10)16)15(17,18)19)6-7(13(23)24)11(20)21-12(22)8(6)14(25)26/h2-3H,1H3,(H,23,24)(H,25,26)(H3,20,21,22). The van der Waals surface area contributed by atoms with E-state index in [9.17, 15) is 42.2 Å². The number of H-pyrrole nitrogens is 1. The summed E-state index contributed by atoms with van der Waals surface area (Å²) >= 11 is 0. The highest BCUT2D eigenvalue weighted by molar-refractivity contribution is 6.08. The highest BCUT2D eigenvalue weighted by Crippen LogP contribution is 2.42. The van der Waals surface area contributed by atoms with Crippen LogP contribution in [0.15, 0.2) is 16.9 Å². The minimum atomic E-state index is -5.10. The Morgan fingerprint density at radius 3 is 2.15 bits per heavy atom. The summed E-state index contributed by atoms with van der Waals surface area (Å²) in [5.74, 6) is -7.48. The molecular weight excluding hydrogens is 380 g/mol. The van der Waals surface area contributed by atoms with Crippen LogP contribution in [0.3, 0.4) is 0 Å². The normalized spacial score (nSPS) is 11.3. The average Bonchev–Trinajstić information content (AvgIpc) is 2.51. The van der Waals surface area contributed by atoms with Crippen LogP contribution < -0.4 is 16.0 Å². The monoisotopic (exact) mass is 390 g/mol. The van der Waals surface area contributed by atoms with Gasteiger partial charge in [0, 0.05) is 11.1 Å². The molecule has 2 aromatic rings. The van der Waals surface area contributed by atoms with Crippen LogP contribution in [0, 0.1) is 5.82 Å². The number of hydrogen-bond donors (Lipinski definition) is 4. The molecule has 0 spiro atoms. The number of hydrogen-bond acceptors (Lipinski definition) is 5. The molecule has 0 radical (unpaired) electrons. The summed E-state index contributed by atoms with van der Waals surface area (Å²) in [7, 11) is 0.791. The van der Waals surface area contributed by atoms with E-state index in [1.54, 1.807) is 0 Å². The smallest absolute Gasteiger partial charge is 0.419 e. The molecular formula is C15H10F4N2O6. The van der Waals surface area contributed by atoms with Crippen LogP contribution in [-0.4, -0.2) is 34.2 Å². The van der Waals surface area contributed by atoms with Crippen molar-refractivity contribution in [2.75, 3.05) is 12.8 Å². The first-order valence-corrected chi connectivity index (χ1v) is 6.88. The largest absolute Gasteiger partial charge is 0.493 e. The van der Waals surface area contributed by atoms with Crippen molar-refractivity contribution < 1.29 is 42.1 Å². The van der Waals surface area contributed by atoms with Crippen molar-refractivity contribution in [1.82, 2.24) is 4.98 Å². The zero-order valence-corrected chi connectivity index (χ0v) is 13.3. The summed E-state index contributed by atoms with van der Waals surface area (Å²) in [6, 6.07) is 0.861. The number of methoxy groups -OCH3 is 1. The van der Waals surface area contributed by atoms with Crippen LogP contribution in [0.1, 0.15) is 26.3 Å². The number of rotatable bonds is 4. The Kier molecular flexibility index (Phi) is 4.85. The number of ether oxygens (including phenoxy) is 1. The second-order valence-electron chi connectivity index (χ2n) is 5.11. The number of nitrogen functional groups attached to an aromatic ring is 1. The Morgan fingerprint density at radius 2 is 1.70 bits per heavy atom. The van der Waals surface area contributed by atoms with Gasteiger partial charge in [-0.2, -0.15) is 13.2 Å². The first-order chi connectivity index (χ1) is 12.4. The Balaban J connectivity index is 3.07. The molecule has 0 aliphatic heterocycles. The number of alkyl halides is 3. The lowest BCUT2D eigenvalue weighted by molar-refractivity contribution is -0.140. The van der Waals surface area contributed by atoms with Gasteiger partial charge in [-0.1, -0.05) is 0 Å². The van der Waals surface area contributed by atoms with Crippen molar-refractivity contribution in [2.45, 2.75) is 6.18 Å². The molecule has 12 heteroatoms. The van der Waals surface area contributed by atoms with Crippen molar-refractivity contribution in [3.63, 3.8) is 0 Å². The fraction of sp³-hybridized carbons (Fsp3) is 0.133. The molecule has 0 aliphatic carbocycles. The molecule has 0 atom stereocenters. The number of nitrogens with two attached hydrogens (primary N) is 1. The topological polar surface area (TPSA) is 143 Å². The molecule has 1 heterocycles. The number of carbonyl (C=O) groups is 2. The second kappa shape index (κ2) is 6.63. The molecule has 1 aromatic heterocycles. The minimum absolute atomic E-state index is 0.266. The van der Waals surface area contributed by atoms with E-state index in [1.165, 1.54) is 0 Å². The van der Waals surface area contributed by atoms with Gasteiger partial charge in [0.25, 0.3) is 5.56 Å². The molecule has 0 aliphatic rings. The number of carboxylic acid groups (broad SMARTS) is 2. The number of anilines is 1. The van der Waals surface area contributed by atoms with Gasteiger partial charge in [0.05, 0.1) is 12.7 Å². The van der Waals surface area contributed by atoms with Gasteiger partial charge in [-0.15, -0.1) is 0 Å². The molecule has 0 unspecified atom stereocenters. The first-order valence-electron chi connectivity index (χ1n) is 6.88. The summed E-state index contributed by atoms with van der Waals surface area (Å²) < 4.78 is 57.6. The molecule has 0 amide bonds. The van der Waals surface area contributed by atoms with Crippen LogP contribution in [0.5, 0.6) is 5.75 Å². The van der Waals surface area contributed by atoms with Crippen molar-refractivity contribution in [1.29, 1.82) is 0 Å². The van der Waals surface area contributed by atoms with E-state index in [4.69, 9.17) is 5.73 Å². The Labute approximate surface area is 146 Å². The number of aromatic nitrogens is 1. The average molecular weight is 390 g/mol. The van der Waals surface area contributed by atoms with E-state index in [2.05, 4.69) is 4.74 Å². The van der Waals surface area contributed by atoms with E-state index >= 15 is 0 Å². The molecule has 8 nitrogen and oxygen atoms in total. The molecule has 27 heavy (non-hydrogen) atoms. The summed E-state index contributed by atoms with van der Waals surface area (Å²) in [6.45, 7) is 0. The lowest BCUT2D eigenvalue weighted by atomic mass is 9.93. The van der Waals surface area contributed by atoms with E-state index < -0.39 is 68.9 Å². The molecule has 144 valence electrons. The van der Waals surface area contributed by atoms with Gasteiger partial charge in [-0.05, 0) is 12.1 Å². The summed E-state index contributed by atoms with van der Waals surface area (Å²) in [4.78, 5) is 36.7. The Bertz CT molecular complexity index is 1010. The zero-order chi connectivity index (χ0) is 20.7. The number of pyridine rings is 1. The van der Waals surface area contributed by atoms with E-state index in [0.717, 1.165) is 7.11 Å². The van der Waals surface area contributed by atoms with Crippen molar-refractivity contribution in [3.8, 4) is 16.9 Å². The third-order valence-electron chi connectivity index (χ3n) is 3.55. The number of aromatic carboxylic acids is 2. The lowest BCUT2D eigenvalue weighted by Gasteiger charge is -2.17. The Morgan fingerprint density at radius 1 is 1.15 bits per heavy atom. The van der Waals surface area contributed by atoms with Gasteiger partial charge in [0.2, 0.25) is 0 Å². The van der Waals surface area contributed by atoms with Gasteiger partial charge in [0.15, 0.2) is 11.6 Å². The SMILES string of the molecule is COc1c(-c2c(C(=O)O)c(N)[nH]c(=O)c2C(=O)O)ccc(C(F)(F)F)c1F. The number of aromatic amines is 1. The Hall–Kier alpha value is -3.57. The summed E-state index contributed by atoms with van der Waals surface area (Å²) in [5.41, 5.74) is -1.32. The van der Waals surface area contributed by atoms with Gasteiger partial charge in [0.1, 0.15) is 16.9 Å². The molecule has 0 saturated heterocycles. The summed E-state index contributed by atoms with van der Waals surface area (Å²) in [6.07, 6.45) is -5.10. The third kappa shape index (κ3) is 3.28. The quantitative estimate of drug-likeness (QED) is 0.586. The molecule has 0 saturated carbocycles. The molecule has 0 bridgehead atoms. The number of halogens is 4. The highest BCUT2D eigenvalue weighted by Gasteiger charge is 2.37. The van der Waals surface area contributed by atoms with Gasteiger partial charge in [-0.25, -0.2) is 14.0 Å². The molecule has 1 aromatic carbocycles. The molecule has 0 fully saturated rings. The van der Waals surface area contributed by atoms with E-state index in [0.29, 0.717) is 6.07 Å². The van der Waals surface area contributed by atoms with Crippen LogP contribution in [-0.2, 0) is 6.18 Å². The number of carboxylic acids is 2. The van der Waals surface area contributed by atoms with Crippen molar-refractivity contribution >= 4 is 17.8 Å². The second-order valence-corrected chi connectivity index (χ2v) is 5.11. The highest BCUT2D eigenvalue weighted by atomic mass is 19.4. The van der Waals surface area contributed by atoms with Crippen LogP contribution in [0.25, 0.3) is 11.1 Å². The third-order valence-corrected chi connectivity index (χ3v) is 3.55. The zero-order valence-electron chi connectivity index (χ0n) is 13.3. The predicted molar refractivity (Wildman–Crippen MR) is 82.3 cm³/mol. The predicted octanol–water partition coefficient (Wildman–Crippen LogP) is 2.19. The maximum Gasteiger partial charge on any atom is 0.419 e. The fourth-order valence-electron chi connectivity index (χ4n) is 2.49. The first kappa shape index (κ1) is 19.8. The van der Waals surface area contributed by atoms with Crippen LogP contribution in [0.4, 0.5) is 23.4 Å². The molecule has 5 N–H and O–H groups in total. The minimum Gasteiger partial charge on any atom is -0.493 e. The molecule has 2 rings (SSSR count). The maximum atomic E-state index is 14.3. The van der Waals surface area contributed by atoms with Crippen molar-refractivity contribution in [2.24, 2.45) is 0 Å². The van der Waals surface area contributed by atoms with Gasteiger partial charge < -0.3 is 25.7 Å². The number of nitrogens with one attached hydrogen (secondary N) is 1. The van der Waals surface area contributed by atoms with Crippen molar-refractivity contribution in [3.05, 3.63) is 45.0 Å². The van der Waals surface area contributed by atoms with Gasteiger partial charge >= 0.3 is 18.1 Å². The summed E-state index contributed by atoms with van der Waals surface area (Å²) in [5, 5.41) is 18.6. The number of benzene rings is 1. The fourth-order valence-corrected chi connectivity index (χ4v) is 2.49. The van der Waals surface area contributed by atoms with E-state index in [1.807, 2.05) is 4.98 Å². The maximum absolute atomic E-state index is 14.3. The van der Waals surface area contributed by atoms with E-state index in [-0.39, 0.29) is 6.07 Å². The van der Waals surface area contributed by atoms with Crippen LogP contribution in [0.2, 0.25) is 0 Å². The van der Waals surface area contributed by atoms with Gasteiger partial charge in [-0.3, -0.25) is 4.79 Å².